The molecule has 0 saturated carbocycles. The van der Waals surface area contributed by atoms with Crippen LogP contribution in [0, 0.1) is 0 Å². The van der Waals surface area contributed by atoms with Crippen molar-refractivity contribution in [2.45, 2.75) is 48.1 Å². The molecular formula is C36H32N2O6S3. The Labute approximate surface area is 284 Å². The zero-order valence-corrected chi connectivity index (χ0v) is 28.3. The molecule has 2 aliphatic heterocycles. The highest BCUT2D eigenvalue weighted by Crippen LogP contribution is 2.42. The smallest absolute Gasteiger partial charge is 0.408 e. The fourth-order valence-corrected chi connectivity index (χ4v) is 8.56. The van der Waals surface area contributed by atoms with Crippen molar-refractivity contribution >= 4 is 62.9 Å². The van der Waals surface area contributed by atoms with E-state index in [0.29, 0.717) is 16.7 Å². The van der Waals surface area contributed by atoms with E-state index in [1.54, 1.807) is 32.9 Å². The monoisotopic (exact) mass is 684 g/mol. The molecule has 240 valence electrons. The van der Waals surface area contributed by atoms with Gasteiger partial charge in [-0.2, -0.15) is 0 Å². The molecular weight excluding hydrogens is 653 g/mol. The molecule has 1 aromatic heterocycles. The minimum atomic E-state index is -0.855. The quantitative estimate of drug-likeness (QED) is 0.118. The fraction of sp³-hybridized carbons (Fsp3) is 0.222. The molecule has 47 heavy (non-hydrogen) atoms. The number of amides is 2. The lowest BCUT2D eigenvalue weighted by Crippen LogP contribution is -2.70. The van der Waals surface area contributed by atoms with Crippen molar-refractivity contribution in [3.05, 3.63) is 135 Å². The van der Waals surface area contributed by atoms with Gasteiger partial charge in [-0.15, -0.1) is 23.1 Å². The minimum Gasteiger partial charge on any atom is -0.448 e. The van der Waals surface area contributed by atoms with Gasteiger partial charge < -0.3 is 14.8 Å². The Bertz CT molecular complexity index is 1900. The van der Waals surface area contributed by atoms with Gasteiger partial charge in [0, 0.05) is 21.9 Å². The summed E-state index contributed by atoms with van der Waals surface area (Å²) in [4.78, 5) is 54.4. The van der Waals surface area contributed by atoms with Crippen molar-refractivity contribution in [2.24, 2.45) is 0 Å². The Kier molecular flexibility index (Phi) is 9.58. The topological polar surface area (TPSA) is 102 Å². The Hall–Kier alpha value is -4.32. The van der Waals surface area contributed by atoms with Crippen LogP contribution in [0.2, 0.25) is 0 Å². The van der Waals surface area contributed by atoms with Gasteiger partial charge in [-0.25, -0.2) is 9.59 Å². The molecule has 1 fully saturated rings. The van der Waals surface area contributed by atoms with Gasteiger partial charge in [0.25, 0.3) is 5.91 Å². The molecule has 0 spiro atoms. The standard InChI is InChI=1S/C36H32N2O6S3/c1-36(2,3)44-35(42)37-29-32(40)38-30(34(41)43-31(22-12-6-4-7-13-22)23-14-8-5-9-15-23)24(21-46-33(29)38)18-19-45-28-20-26(39)25-16-10-11-17-27(25)47-28/h4-20,29,31,33H,21H2,1-3H3,(H,37,42)/t29-,33+/m1/s1. The van der Waals surface area contributed by atoms with E-state index in [1.165, 1.54) is 39.8 Å². The lowest BCUT2D eigenvalue weighted by molar-refractivity contribution is -0.153. The van der Waals surface area contributed by atoms with Crippen LogP contribution in [0.1, 0.15) is 38.0 Å². The van der Waals surface area contributed by atoms with Gasteiger partial charge in [-0.3, -0.25) is 14.5 Å². The van der Waals surface area contributed by atoms with Crippen LogP contribution in [-0.2, 0) is 19.1 Å². The maximum Gasteiger partial charge on any atom is 0.408 e. The van der Waals surface area contributed by atoms with E-state index in [0.717, 1.165) is 20.0 Å². The third-order valence-corrected chi connectivity index (χ3v) is 10.7. The molecule has 0 aliphatic carbocycles. The molecule has 0 unspecified atom stereocenters. The molecule has 6 rings (SSSR count). The summed E-state index contributed by atoms with van der Waals surface area (Å²) < 4.78 is 13.3. The van der Waals surface area contributed by atoms with Gasteiger partial charge in [0.2, 0.25) is 0 Å². The second-order valence-corrected chi connectivity index (χ2v) is 15.3. The van der Waals surface area contributed by atoms with E-state index >= 15 is 0 Å². The summed E-state index contributed by atoms with van der Waals surface area (Å²) >= 11 is 4.31. The second kappa shape index (κ2) is 13.8. The first-order valence-corrected chi connectivity index (χ1v) is 17.7. The number of carbonyl (C=O) groups excluding carboxylic acids is 3. The molecule has 2 atom stereocenters. The number of rotatable bonds is 8. The number of benzene rings is 3. The first-order valence-electron chi connectivity index (χ1n) is 14.9. The van der Waals surface area contributed by atoms with Crippen LogP contribution >= 0.6 is 34.9 Å². The van der Waals surface area contributed by atoms with Crippen LogP contribution in [0.5, 0.6) is 0 Å². The largest absolute Gasteiger partial charge is 0.448 e. The van der Waals surface area contributed by atoms with Crippen molar-refractivity contribution in [1.82, 2.24) is 10.2 Å². The molecule has 11 heteroatoms. The summed E-state index contributed by atoms with van der Waals surface area (Å²) in [5.41, 5.74) is 1.50. The number of nitrogens with one attached hydrogen (secondary N) is 1. The number of hydrogen-bond donors (Lipinski definition) is 1. The van der Waals surface area contributed by atoms with E-state index in [4.69, 9.17) is 9.47 Å². The van der Waals surface area contributed by atoms with E-state index in [9.17, 15) is 19.2 Å². The van der Waals surface area contributed by atoms with Gasteiger partial charge in [-0.05, 0) is 61.1 Å². The highest BCUT2D eigenvalue weighted by Gasteiger charge is 2.54. The third kappa shape index (κ3) is 7.32. The number of nitrogens with zero attached hydrogens (tertiary/aromatic N) is 1. The number of β-lactam (4-membered cyclic amide) rings is 1. The van der Waals surface area contributed by atoms with Crippen LogP contribution in [0.15, 0.2) is 123 Å². The van der Waals surface area contributed by atoms with Crippen LogP contribution < -0.4 is 10.7 Å². The molecule has 0 radical (unpaired) electrons. The Morgan fingerprint density at radius 1 is 0.957 bits per heavy atom. The van der Waals surface area contributed by atoms with Crippen molar-refractivity contribution < 1.29 is 23.9 Å². The van der Waals surface area contributed by atoms with Crippen molar-refractivity contribution in [3.8, 4) is 0 Å². The Morgan fingerprint density at radius 3 is 2.26 bits per heavy atom. The van der Waals surface area contributed by atoms with Gasteiger partial charge >= 0.3 is 12.1 Å². The molecule has 3 heterocycles. The van der Waals surface area contributed by atoms with Crippen molar-refractivity contribution in [1.29, 1.82) is 0 Å². The van der Waals surface area contributed by atoms with Gasteiger partial charge in [0.15, 0.2) is 11.5 Å². The number of esters is 1. The van der Waals surface area contributed by atoms with Crippen LogP contribution in [0.25, 0.3) is 10.1 Å². The average Bonchev–Trinajstić information content (AvgIpc) is 3.05. The average molecular weight is 685 g/mol. The molecule has 2 amide bonds. The predicted molar refractivity (Wildman–Crippen MR) is 187 cm³/mol. The summed E-state index contributed by atoms with van der Waals surface area (Å²) in [6.45, 7) is 5.24. The number of fused-ring (bicyclic) bond motifs is 2. The summed E-state index contributed by atoms with van der Waals surface area (Å²) in [5, 5.41) is 4.65. The zero-order chi connectivity index (χ0) is 33.1. The van der Waals surface area contributed by atoms with Crippen molar-refractivity contribution in [3.63, 3.8) is 0 Å². The van der Waals surface area contributed by atoms with Gasteiger partial charge in [-0.1, -0.05) is 84.6 Å². The summed E-state index contributed by atoms with van der Waals surface area (Å²) in [5.74, 6) is -0.697. The molecule has 3 aromatic carbocycles. The number of carbonyl (C=O) groups is 3. The summed E-state index contributed by atoms with van der Waals surface area (Å²) in [7, 11) is 0. The van der Waals surface area contributed by atoms with Crippen molar-refractivity contribution in [2.75, 3.05) is 5.75 Å². The number of alkyl carbamates (subject to hydrolysis) is 1. The first kappa shape index (κ1) is 32.6. The zero-order valence-electron chi connectivity index (χ0n) is 25.9. The Balaban J connectivity index is 1.31. The second-order valence-electron chi connectivity index (χ2n) is 11.9. The lowest BCUT2D eigenvalue weighted by Gasteiger charge is -2.49. The van der Waals surface area contributed by atoms with E-state index in [2.05, 4.69) is 5.32 Å². The first-order chi connectivity index (χ1) is 22.6. The lowest BCUT2D eigenvalue weighted by atomic mass is 10.0. The highest BCUT2D eigenvalue weighted by molar-refractivity contribution is 8.04. The normalized spacial score (nSPS) is 17.9. The molecule has 2 aliphatic rings. The van der Waals surface area contributed by atoms with Crippen LogP contribution in [-0.4, -0.2) is 45.6 Å². The molecule has 0 bridgehead atoms. The fourth-order valence-electron chi connectivity index (χ4n) is 5.26. The van der Waals surface area contributed by atoms with E-state index in [-0.39, 0.29) is 11.1 Å². The summed E-state index contributed by atoms with van der Waals surface area (Å²) in [6.07, 6.45) is 0.375. The maximum atomic E-state index is 14.2. The molecule has 1 saturated heterocycles. The number of ether oxygens (including phenoxy) is 2. The van der Waals surface area contributed by atoms with Gasteiger partial charge in [0.05, 0.1) is 4.21 Å². The summed E-state index contributed by atoms with van der Waals surface area (Å²) in [6, 6.07) is 27.1. The molecule has 1 N–H and O–H groups in total. The molecule has 4 aromatic rings. The number of hydrogen-bond acceptors (Lipinski definition) is 9. The third-order valence-electron chi connectivity index (χ3n) is 7.36. The van der Waals surface area contributed by atoms with Crippen LogP contribution in [0.3, 0.4) is 0 Å². The highest BCUT2D eigenvalue weighted by atomic mass is 32.2. The van der Waals surface area contributed by atoms with Gasteiger partial charge in [0.1, 0.15) is 22.7 Å². The Morgan fingerprint density at radius 2 is 1.60 bits per heavy atom. The SMILES string of the molecule is CC(C)(C)OC(=O)N[C@@H]1C(=O)N2C(C(=O)OC(c3ccccc3)c3ccccc3)=C(C=CSc3cc(=O)c4ccccc4s3)CS[C@@H]12. The number of allylic oxidation sites excluding steroid dienone is 1. The van der Waals surface area contributed by atoms with E-state index < -0.39 is 41.1 Å². The maximum absolute atomic E-state index is 14.2. The number of thioether (sulfide) groups is 2. The predicted octanol–water partition coefficient (Wildman–Crippen LogP) is 7.26. The van der Waals surface area contributed by atoms with E-state index in [1.807, 2.05) is 90.3 Å². The van der Waals surface area contributed by atoms with Crippen LogP contribution in [0.4, 0.5) is 4.79 Å². The molecule has 8 nitrogen and oxygen atoms in total. The minimum absolute atomic E-state index is 0.0580.